The lowest BCUT2D eigenvalue weighted by Crippen LogP contribution is -2.52. The number of hydrogen-bond donors (Lipinski definition) is 4. The van der Waals surface area contributed by atoms with Gasteiger partial charge in [-0.25, -0.2) is 0 Å². The third-order valence-electron chi connectivity index (χ3n) is 4.98. The second kappa shape index (κ2) is 9.52. The highest BCUT2D eigenvalue weighted by molar-refractivity contribution is 7.80. The summed E-state index contributed by atoms with van der Waals surface area (Å²) in [6.45, 7) is 5.97. The van der Waals surface area contributed by atoms with Gasteiger partial charge in [-0.1, -0.05) is 38.8 Å². The van der Waals surface area contributed by atoms with Crippen LogP contribution in [0, 0.1) is 11.8 Å². The largest absolute Gasteiger partial charge is 0.358 e. The first-order valence-electron chi connectivity index (χ1n) is 9.07. The molecule has 0 heterocycles. The van der Waals surface area contributed by atoms with E-state index in [1.54, 1.807) is 12.1 Å². The number of carbonyl (C=O) groups excluding carboxylic acids is 2. The van der Waals surface area contributed by atoms with E-state index in [0.717, 1.165) is 12.0 Å². The molecule has 4 N–H and O–H groups in total. The molecular formula is C19H28N4O2S. The van der Waals surface area contributed by atoms with Crippen molar-refractivity contribution in [3.8, 4) is 0 Å². The summed E-state index contributed by atoms with van der Waals surface area (Å²) in [6, 6.07) is 7.51. The number of nitrogens with one attached hydrogen (secondary N) is 4. The summed E-state index contributed by atoms with van der Waals surface area (Å²) in [6.07, 6.45) is 3.79. The van der Waals surface area contributed by atoms with Crippen LogP contribution in [0.5, 0.6) is 0 Å². The third-order valence-corrected chi connectivity index (χ3v) is 5.20. The molecule has 26 heavy (non-hydrogen) atoms. The molecule has 1 aliphatic rings. The highest BCUT2D eigenvalue weighted by Gasteiger charge is 2.27. The molecule has 6 nitrogen and oxygen atoms in total. The Morgan fingerprint density at radius 3 is 2.46 bits per heavy atom. The van der Waals surface area contributed by atoms with Gasteiger partial charge >= 0.3 is 0 Å². The molecule has 142 valence electrons. The van der Waals surface area contributed by atoms with Crippen molar-refractivity contribution >= 4 is 34.8 Å². The second-order valence-corrected chi connectivity index (χ2v) is 7.48. The maximum absolute atomic E-state index is 12.1. The Kier molecular flexibility index (Phi) is 7.38. The summed E-state index contributed by atoms with van der Waals surface area (Å²) >= 11 is 5.29. The summed E-state index contributed by atoms with van der Waals surface area (Å²) < 4.78 is 0. The van der Waals surface area contributed by atoms with Crippen LogP contribution in [0.15, 0.2) is 24.3 Å². The zero-order valence-corrected chi connectivity index (χ0v) is 16.4. The Labute approximate surface area is 160 Å². The highest BCUT2D eigenvalue weighted by atomic mass is 32.1. The second-order valence-electron chi connectivity index (χ2n) is 7.08. The van der Waals surface area contributed by atoms with Gasteiger partial charge in [0.1, 0.15) is 0 Å². The van der Waals surface area contributed by atoms with Crippen LogP contribution in [0.2, 0.25) is 0 Å². The van der Waals surface area contributed by atoms with Gasteiger partial charge < -0.3 is 10.6 Å². The molecule has 1 aromatic carbocycles. The maximum Gasteiger partial charge on any atom is 0.242 e. The average molecular weight is 377 g/mol. The SMILES string of the molecule is CC(=O)Nc1ccc(CC(=O)NNC(=S)N[C@H]2CCC[C@@H](C)[C@H]2C)cc1. The smallest absolute Gasteiger partial charge is 0.242 e. The van der Waals surface area contributed by atoms with Gasteiger partial charge in [0.2, 0.25) is 11.8 Å². The van der Waals surface area contributed by atoms with Crippen molar-refractivity contribution in [2.45, 2.75) is 52.5 Å². The van der Waals surface area contributed by atoms with Crippen LogP contribution in [-0.4, -0.2) is 23.0 Å². The molecule has 2 amide bonds. The minimum atomic E-state index is -0.175. The van der Waals surface area contributed by atoms with Gasteiger partial charge in [0.15, 0.2) is 5.11 Å². The Morgan fingerprint density at radius 1 is 1.12 bits per heavy atom. The Balaban J connectivity index is 1.74. The molecule has 2 rings (SSSR count). The lowest BCUT2D eigenvalue weighted by atomic mass is 9.78. The van der Waals surface area contributed by atoms with Crippen LogP contribution in [-0.2, 0) is 16.0 Å². The first-order chi connectivity index (χ1) is 12.3. The van der Waals surface area contributed by atoms with E-state index in [1.807, 2.05) is 12.1 Å². The van der Waals surface area contributed by atoms with Crippen LogP contribution in [0.1, 0.15) is 45.6 Å². The molecule has 1 aliphatic carbocycles. The molecule has 1 fully saturated rings. The molecule has 0 saturated heterocycles. The Bertz CT molecular complexity index is 647. The van der Waals surface area contributed by atoms with Crippen molar-refractivity contribution in [3.05, 3.63) is 29.8 Å². The fraction of sp³-hybridized carbons (Fsp3) is 0.526. The van der Waals surface area contributed by atoms with E-state index >= 15 is 0 Å². The van der Waals surface area contributed by atoms with Crippen LogP contribution >= 0.6 is 12.2 Å². The molecule has 0 aromatic heterocycles. The molecule has 7 heteroatoms. The van der Waals surface area contributed by atoms with E-state index in [0.29, 0.717) is 28.7 Å². The van der Waals surface area contributed by atoms with Crippen molar-refractivity contribution in [2.75, 3.05) is 5.32 Å². The van der Waals surface area contributed by atoms with E-state index in [9.17, 15) is 9.59 Å². The van der Waals surface area contributed by atoms with Gasteiger partial charge in [-0.2, -0.15) is 0 Å². The number of rotatable bonds is 4. The molecular weight excluding hydrogens is 348 g/mol. The maximum atomic E-state index is 12.1. The predicted octanol–water partition coefficient (Wildman–Crippen LogP) is 2.51. The van der Waals surface area contributed by atoms with E-state index in [1.165, 1.54) is 19.8 Å². The normalized spacial score (nSPS) is 22.2. The minimum Gasteiger partial charge on any atom is -0.358 e. The number of amides is 2. The van der Waals surface area contributed by atoms with Gasteiger partial charge in [0.05, 0.1) is 6.42 Å². The zero-order chi connectivity index (χ0) is 19.1. The molecule has 0 spiro atoms. The summed E-state index contributed by atoms with van der Waals surface area (Å²) in [7, 11) is 0. The van der Waals surface area contributed by atoms with Crippen LogP contribution < -0.4 is 21.5 Å². The fourth-order valence-corrected chi connectivity index (χ4v) is 3.46. The van der Waals surface area contributed by atoms with E-state index in [-0.39, 0.29) is 18.2 Å². The summed E-state index contributed by atoms with van der Waals surface area (Å²) in [5, 5.41) is 6.45. The van der Waals surface area contributed by atoms with Gasteiger partial charge in [-0.3, -0.25) is 20.4 Å². The molecule has 1 aromatic rings. The van der Waals surface area contributed by atoms with Crippen molar-refractivity contribution < 1.29 is 9.59 Å². The lowest BCUT2D eigenvalue weighted by molar-refractivity contribution is -0.121. The van der Waals surface area contributed by atoms with E-state index in [2.05, 4.69) is 35.3 Å². The van der Waals surface area contributed by atoms with Gasteiger partial charge in [0, 0.05) is 18.7 Å². The monoisotopic (exact) mass is 376 g/mol. The standard InChI is InChI=1S/C19H28N4O2S/c1-12-5-4-6-17(13(12)2)21-19(26)23-22-18(25)11-15-7-9-16(10-8-15)20-14(3)24/h7-10,12-13,17H,4-6,11H2,1-3H3,(H,20,24)(H,22,25)(H2,21,23,26)/t12-,13-,17+/m1/s1. The summed E-state index contributed by atoms with van der Waals surface area (Å²) in [4.78, 5) is 23.1. The molecule has 0 radical (unpaired) electrons. The van der Waals surface area contributed by atoms with Gasteiger partial charge in [0.25, 0.3) is 0 Å². The molecule has 3 atom stereocenters. The van der Waals surface area contributed by atoms with Crippen LogP contribution in [0.4, 0.5) is 5.69 Å². The number of carbonyl (C=O) groups is 2. The number of hydrazine groups is 1. The molecule has 0 aliphatic heterocycles. The van der Waals surface area contributed by atoms with E-state index in [4.69, 9.17) is 12.2 Å². The van der Waals surface area contributed by atoms with Gasteiger partial charge in [-0.05, 0) is 48.2 Å². The molecule has 1 saturated carbocycles. The fourth-order valence-electron chi connectivity index (χ4n) is 3.26. The number of thiocarbonyl (C=S) groups is 1. The number of anilines is 1. The number of benzene rings is 1. The quantitative estimate of drug-likeness (QED) is 0.479. The first kappa shape index (κ1) is 20.2. The topological polar surface area (TPSA) is 82.3 Å². The Hall–Kier alpha value is -2.15. The molecule has 0 unspecified atom stereocenters. The third kappa shape index (κ3) is 6.29. The summed E-state index contributed by atoms with van der Waals surface area (Å²) in [5.41, 5.74) is 6.98. The van der Waals surface area contributed by atoms with Crippen molar-refractivity contribution in [1.29, 1.82) is 0 Å². The van der Waals surface area contributed by atoms with Crippen molar-refractivity contribution in [1.82, 2.24) is 16.2 Å². The molecule has 0 bridgehead atoms. The van der Waals surface area contributed by atoms with Crippen LogP contribution in [0.3, 0.4) is 0 Å². The predicted molar refractivity (Wildman–Crippen MR) is 107 cm³/mol. The summed E-state index contributed by atoms with van der Waals surface area (Å²) in [5.74, 6) is 0.939. The lowest BCUT2D eigenvalue weighted by Gasteiger charge is -2.35. The van der Waals surface area contributed by atoms with Crippen molar-refractivity contribution in [2.24, 2.45) is 11.8 Å². The minimum absolute atomic E-state index is 0.123. The van der Waals surface area contributed by atoms with E-state index < -0.39 is 0 Å². The first-order valence-corrected chi connectivity index (χ1v) is 9.48. The average Bonchev–Trinajstić information content (AvgIpc) is 2.58. The van der Waals surface area contributed by atoms with Gasteiger partial charge in [-0.15, -0.1) is 0 Å². The highest BCUT2D eigenvalue weighted by Crippen LogP contribution is 2.29. The Morgan fingerprint density at radius 2 is 1.81 bits per heavy atom. The zero-order valence-electron chi connectivity index (χ0n) is 15.6. The van der Waals surface area contributed by atoms with Crippen LogP contribution in [0.25, 0.3) is 0 Å². The number of hydrogen-bond acceptors (Lipinski definition) is 3. The van der Waals surface area contributed by atoms with Crippen molar-refractivity contribution in [3.63, 3.8) is 0 Å².